The monoisotopic (exact) mass is 473 g/mol. The Hall–Kier alpha value is -3.39. The van der Waals surface area contributed by atoms with Crippen molar-refractivity contribution in [1.82, 2.24) is 19.2 Å². The lowest BCUT2D eigenvalue weighted by atomic mass is 9.83. The van der Waals surface area contributed by atoms with E-state index < -0.39 is 0 Å². The summed E-state index contributed by atoms with van der Waals surface area (Å²) in [5.74, 6) is 0.743. The lowest BCUT2D eigenvalue weighted by Crippen LogP contribution is -2.24. The molecular formula is C26H27N5O2S. The summed E-state index contributed by atoms with van der Waals surface area (Å²) in [5, 5.41) is 9.87. The Morgan fingerprint density at radius 1 is 1.09 bits per heavy atom. The minimum atomic E-state index is -0.250. The first-order chi connectivity index (χ1) is 16.3. The molecule has 0 aliphatic carbocycles. The Bertz CT molecular complexity index is 1510. The van der Waals surface area contributed by atoms with Gasteiger partial charge in [-0.2, -0.15) is 0 Å². The second-order valence-corrected chi connectivity index (χ2v) is 10.0. The van der Waals surface area contributed by atoms with Gasteiger partial charge in [0.15, 0.2) is 10.9 Å². The van der Waals surface area contributed by atoms with Crippen molar-refractivity contribution in [2.45, 2.75) is 44.3 Å². The SMILES string of the molecule is CCCn1c(=O)c2ccccc2n2c(SCC(=O)/C=C3/N(C)c4ccccc4C3(C)C)nnc12. The number of anilines is 1. The van der Waals surface area contributed by atoms with Gasteiger partial charge < -0.3 is 4.90 Å². The predicted molar refractivity (Wildman–Crippen MR) is 137 cm³/mol. The van der Waals surface area contributed by atoms with Crippen molar-refractivity contribution in [3.8, 4) is 0 Å². The molecule has 174 valence electrons. The number of ketones is 1. The fourth-order valence-corrected chi connectivity index (χ4v) is 5.60. The first kappa shape index (κ1) is 22.4. The lowest BCUT2D eigenvalue weighted by Gasteiger charge is -2.23. The molecule has 8 heteroatoms. The third-order valence-electron chi connectivity index (χ3n) is 6.51. The van der Waals surface area contributed by atoms with Crippen LogP contribution in [0.5, 0.6) is 0 Å². The van der Waals surface area contributed by atoms with Crippen LogP contribution in [0.15, 0.2) is 70.3 Å². The van der Waals surface area contributed by atoms with E-state index in [1.54, 1.807) is 10.6 Å². The quantitative estimate of drug-likeness (QED) is 0.305. The zero-order chi connectivity index (χ0) is 24.0. The largest absolute Gasteiger partial charge is 0.347 e. The van der Waals surface area contributed by atoms with Crippen LogP contribution >= 0.6 is 11.8 Å². The third-order valence-corrected chi connectivity index (χ3v) is 7.46. The number of hydrogen-bond acceptors (Lipinski definition) is 6. The molecule has 0 spiro atoms. The molecule has 0 N–H and O–H groups in total. The molecule has 0 radical (unpaired) electrons. The zero-order valence-corrected chi connectivity index (χ0v) is 20.6. The van der Waals surface area contributed by atoms with Crippen LogP contribution in [-0.2, 0) is 16.8 Å². The van der Waals surface area contributed by atoms with Crippen LogP contribution in [0.3, 0.4) is 0 Å². The highest BCUT2D eigenvalue weighted by atomic mass is 32.2. The van der Waals surface area contributed by atoms with E-state index in [4.69, 9.17) is 0 Å². The average molecular weight is 474 g/mol. The molecule has 2 aromatic heterocycles. The first-order valence-electron chi connectivity index (χ1n) is 11.4. The van der Waals surface area contributed by atoms with Crippen molar-refractivity contribution >= 4 is 39.9 Å². The van der Waals surface area contributed by atoms with Crippen molar-refractivity contribution < 1.29 is 4.79 Å². The highest BCUT2D eigenvalue weighted by molar-refractivity contribution is 7.99. The molecule has 0 fully saturated rings. The standard InChI is InChI=1S/C26H27N5O2S/c1-5-14-30-23(33)18-10-6-8-12-20(18)31-24(30)27-28-25(31)34-16-17(32)15-22-26(2,3)19-11-7-9-13-21(19)29(22)4/h6-13,15H,5,14,16H2,1-4H3/b22-15+. The smallest absolute Gasteiger partial charge is 0.262 e. The minimum absolute atomic E-state index is 0.00988. The van der Waals surface area contributed by atoms with Crippen molar-refractivity contribution in [3.05, 3.63) is 76.2 Å². The number of benzene rings is 2. The third kappa shape index (κ3) is 3.44. The summed E-state index contributed by atoms with van der Waals surface area (Å²) in [6, 6.07) is 15.7. The van der Waals surface area contributed by atoms with Crippen LogP contribution in [0.1, 0.15) is 32.8 Å². The lowest BCUT2D eigenvalue weighted by molar-refractivity contribution is -0.112. The maximum atomic E-state index is 13.1. The molecule has 5 rings (SSSR count). The average Bonchev–Trinajstić information content (AvgIpc) is 3.34. The van der Waals surface area contributed by atoms with Gasteiger partial charge in [-0.1, -0.05) is 62.9 Å². The van der Waals surface area contributed by atoms with E-state index >= 15 is 0 Å². The molecule has 2 aromatic carbocycles. The Balaban J connectivity index is 1.48. The number of allylic oxidation sites excluding steroid dienone is 2. The number of thioether (sulfide) groups is 1. The summed E-state index contributed by atoms with van der Waals surface area (Å²) < 4.78 is 3.55. The van der Waals surface area contributed by atoms with E-state index in [0.717, 1.165) is 23.3 Å². The van der Waals surface area contributed by atoms with Crippen LogP contribution in [0, 0.1) is 0 Å². The van der Waals surface area contributed by atoms with E-state index in [1.807, 2.05) is 54.8 Å². The number of nitrogens with zero attached hydrogens (tertiary/aromatic N) is 5. The van der Waals surface area contributed by atoms with Crippen LogP contribution < -0.4 is 10.5 Å². The number of rotatable bonds is 6. The van der Waals surface area contributed by atoms with Crippen LogP contribution in [0.25, 0.3) is 16.7 Å². The molecule has 34 heavy (non-hydrogen) atoms. The number of aromatic nitrogens is 4. The Kier molecular flexibility index (Phi) is 5.56. The molecule has 0 bridgehead atoms. The topological polar surface area (TPSA) is 72.5 Å². The molecule has 7 nitrogen and oxygen atoms in total. The number of likely N-dealkylation sites (N-methyl/N-ethyl adjacent to an activating group) is 1. The maximum absolute atomic E-state index is 13.1. The first-order valence-corrected chi connectivity index (χ1v) is 12.4. The van der Waals surface area contributed by atoms with Crippen molar-refractivity contribution in [2.24, 2.45) is 0 Å². The molecule has 3 heterocycles. The summed E-state index contributed by atoms with van der Waals surface area (Å²) in [5.41, 5.74) is 3.75. The van der Waals surface area contributed by atoms with Gasteiger partial charge in [-0.15, -0.1) is 10.2 Å². The second-order valence-electron chi connectivity index (χ2n) is 9.08. The molecule has 0 amide bonds. The van der Waals surface area contributed by atoms with Gasteiger partial charge in [0.2, 0.25) is 5.78 Å². The number of para-hydroxylation sites is 2. The van der Waals surface area contributed by atoms with E-state index in [9.17, 15) is 9.59 Å². The summed E-state index contributed by atoms with van der Waals surface area (Å²) in [4.78, 5) is 28.2. The van der Waals surface area contributed by atoms with Crippen LogP contribution in [0.4, 0.5) is 5.69 Å². The van der Waals surface area contributed by atoms with E-state index in [1.165, 1.54) is 17.3 Å². The Labute approximate surface area is 202 Å². The van der Waals surface area contributed by atoms with Gasteiger partial charge in [-0.3, -0.25) is 18.6 Å². The number of hydrogen-bond donors (Lipinski definition) is 0. The molecule has 1 aliphatic rings. The van der Waals surface area contributed by atoms with Crippen molar-refractivity contribution in [2.75, 3.05) is 17.7 Å². The van der Waals surface area contributed by atoms with Crippen LogP contribution in [0.2, 0.25) is 0 Å². The summed E-state index contributed by atoms with van der Waals surface area (Å²) in [6.07, 6.45) is 2.56. The number of carbonyl (C=O) groups is 1. The summed E-state index contributed by atoms with van der Waals surface area (Å²) in [7, 11) is 2.00. The Morgan fingerprint density at radius 2 is 1.82 bits per heavy atom. The Morgan fingerprint density at radius 3 is 2.59 bits per heavy atom. The molecular weight excluding hydrogens is 446 g/mol. The second kappa shape index (κ2) is 8.43. The number of aryl methyl sites for hydroxylation is 1. The zero-order valence-electron chi connectivity index (χ0n) is 19.8. The summed E-state index contributed by atoms with van der Waals surface area (Å²) >= 11 is 1.34. The molecule has 0 atom stereocenters. The van der Waals surface area contributed by atoms with E-state index in [2.05, 4.69) is 41.1 Å². The van der Waals surface area contributed by atoms with Gasteiger partial charge in [-0.25, -0.2) is 0 Å². The number of carbonyl (C=O) groups excluding carboxylic acids is 1. The molecule has 4 aromatic rings. The van der Waals surface area contributed by atoms with Gasteiger partial charge in [0, 0.05) is 36.5 Å². The van der Waals surface area contributed by atoms with Crippen LogP contribution in [-0.4, -0.2) is 37.7 Å². The van der Waals surface area contributed by atoms with Crippen molar-refractivity contribution in [3.63, 3.8) is 0 Å². The molecule has 0 saturated heterocycles. The number of fused-ring (bicyclic) bond motifs is 4. The highest BCUT2D eigenvalue weighted by Crippen LogP contribution is 2.46. The fourth-order valence-electron chi connectivity index (χ4n) is 4.84. The van der Waals surface area contributed by atoms with Gasteiger partial charge >= 0.3 is 0 Å². The summed E-state index contributed by atoms with van der Waals surface area (Å²) in [6.45, 7) is 6.87. The highest BCUT2D eigenvalue weighted by Gasteiger charge is 2.38. The van der Waals surface area contributed by atoms with Crippen molar-refractivity contribution in [1.29, 1.82) is 0 Å². The van der Waals surface area contributed by atoms with E-state index in [-0.39, 0.29) is 22.5 Å². The minimum Gasteiger partial charge on any atom is -0.347 e. The normalized spacial score (nSPS) is 16.0. The van der Waals surface area contributed by atoms with Gasteiger partial charge in [0.05, 0.1) is 16.7 Å². The molecule has 1 aliphatic heterocycles. The molecule has 0 unspecified atom stereocenters. The van der Waals surface area contributed by atoms with E-state index in [0.29, 0.717) is 22.9 Å². The molecule has 0 saturated carbocycles. The van der Waals surface area contributed by atoms with Gasteiger partial charge in [-0.05, 0) is 30.2 Å². The van der Waals surface area contributed by atoms with Gasteiger partial charge in [0.25, 0.3) is 5.56 Å². The van der Waals surface area contributed by atoms with Gasteiger partial charge in [0.1, 0.15) is 0 Å². The maximum Gasteiger partial charge on any atom is 0.262 e. The predicted octanol–water partition coefficient (Wildman–Crippen LogP) is 4.43. The fraction of sp³-hybridized carbons (Fsp3) is 0.308.